The number of rotatable bonds is 3. The molecule has 5 heteroatoms. The number of hydrogen-bond acceptors (Lipinski definition) is 2. The number of carbonyl (C=O) groups is 1. The lowest BCUT2D eigenvalue weighted by Crippen LogP contribution is -2.35. The van der Waals surface area contributed by atoms with Gasteiger partial charge in [-0.15, -0.1) is 0 Å². The Bertz CT molecular complexity index is 215. The van der Waals surface area contributed by atoms with Crippen molar-refractivity contribution in [2.75, 3.05) is 20.1 Å². The Balaban J connectivity index is 2.33. The zero-order valence-electron chi connectivity index (χ0n) is 8.10. The molecule has 1 aliphatic carbocycles. The Morgan fingerprint density at radius 1 is 1.50 bits per heavy atom. The SMILES string of the molecule is CN(CC1CCCC1=O)CC(F)(F)F. The summed E-state index contributed by atoms with van der Waals surface area (Å²) in [6.07, 6.45) is -2.08. The van der Waals surface area contributed by atoms with E-state index in [0.29, 0.717) is 6.42 Å². The molecule has 0 aliphatic heterocycles. The lowest BCUT2D eigenvalue weighted by molar-refractivity contribution is -0.145. The minimum Gasteiger partial charge on any atom is -0.299 e. The van der Waals surface area contributed by atoms with Crippen molar-refractivity contribution < 1.29 is 18.0 Å². The van der Waals surface area contributed by atoms with Crippen molar-refractivity contribution in [3.63, 3.8) is 0 Å². The normalized spacial score (nSPS) is 23.5. The molecular formula is C9H14F3NO. The number of hydrogen-bond donors (Lipinski definition) is 0. The molecule has 0 heterocycles. The van der Waals surface area contributed by atoms with Crippen molar-refractivity contribution >= 4 is 5.78 Å². The first kappa shape index (κ1) is 11.5. The van der Waals surface area contributed by atoms with Gasteiger partial charge in [-0.25, -0.2) is 0 Å². The summed E-state index contributed by atoms with van der Waals surface area (Å²) < 4.78 is 35.9. The number of nitrogens with zero attached hydrogens (tertiary/aromatic N) is 1. The fourth-order valence-electron chi connectivity index (χ4n) is 1.83. The van der Waals surface area contributed by atoms with E-state index in [1.165, 1.54) is 11.9 Å². The fraction of sp³-hybridized carbons (Fsp3) is 0.889. The van der Waals surface area contributed by atoms with Gasteiger partial charge in [-0.05, 0) is 19.9 Å². The minimum atomic E-state index is -4.17. The molecule has 0 aromatic rings. The maximum Gasteiger partial charge on any atom is 0.401 e. The lowest BCUT2D eigenvalue weighted by Gasteiger charge is -2.21. The van der Waals surface area contributed by atoms with Gasteiger partial charge in [-0.1, -0.05) is 0 Å². The third-order valence-electron chi connectivity index (χ3n) is 2.41. The smallest absolute Gasteiger partial charge is 0.299 e. The summed E-state index contributed by atoms with van der Waals surface area (Å²) in [5.41, 5.74) is 0. The first-order valence-electron chi connectivity index (χ1n) is 4.66. The van der Waals surface area contributed by atoms with E-state index in [0.717, 1.165) is 12.8 Å². The second kappa shape index (κ2) is 4.29. The molecule has 82 valence electrons. The summed E-state index contributed by atoms with van der Waals surface area (Å²) in [7, 11) is 1.40. The van der Waals surface area contributed by atoms with Crippen LogP contribution in [0.2, 0.25) is 0 Å². The van der Waals surface area contributed by atoms with Gasteiger partial charge >= 0.3 is 6.18 Å². The molecular weight excluding hydrogens is 195 g/mol. The van der Waals surface area contributed by atoms with Gasteiger partial charge in [0, 0.05) is 18.9 Å². The molecule has 0 radical (unpaired) electrons. The molecule has 0 aromatic carbocycles. The summed E-state index contributed by atoms with van der Waals surface area (Å²) in [5, 5.41) is 0. The quantitative estimate of drug-likeness (QED) is 0.707. The Morgan fingerprint density at radius 3 is 2.57 bits per heavy atom. The molecule has 0 saturated heterocycles. The number of halogens is 3. The van der Waals surface area contributed by atoms with Crippen LogP contribution in [0, 0.1) is 5.92 Å². The highest BCUT2D eigenvalue weighted by Crippen LogP contribution is 2.23. The van der Waals surface area contributed by atoms with Crippen molar-refractivity contribution in [2.45, 2.75) is 25.4 Å². The Labute approximate surface area is 81.1 Å². The van der Waals surface area contributed by atoms with Gasteiger partial charge in [-0.2, -0.15) is 13.2 Å². The molecule has 1 atom stereocenters. The van der Waals surface area contributed by atoms with Gasteiger partial charge < -0.3 is 0 Å². The number of Topliss-reactive ketones (excluding diaryl/α,β-unsaturated/α-hetero) is 1. The van der Waals surface area contributed by atoms with Gasteiger partial charge in [-0.3, -0.25) is 9.69 Å². The van der Waals surface area contributed by atoms with Crippen LogP contribution in [0.1, 0.15) is 19.3 Å². The summed E-state index contributed by atoms with van der Waals surface area (Å²) in [6.45, 7) is -0.699. The van der Waals surface area contributed by atoms with Crippen molar-refractivity contribution in [3.05, 3.63) is 0 Å². The highest BCUT2D eigenvalue weighted by Gasteiger charge is 2.32. The van der Waals surface area contributed by atoms with Gasteiger partial charge in [0.2, 0.25) is 0 Å². The molecule has 0 spiro atoms. The molecule has 14 heavy (non-hydrogen) atoms. The molecule has 1 unspecified atom stereocenters. The largest absolute Gasteiger partial charge is 0.401 e. The minimum absolute atomic E-state index is 0.110. The molecule has 1 aliphatic rings. The van der Waals surface area contributed by atoms with Gasteiger partial charge in [0.05, 0.1) is 6.54 Å². The van der Waals surface area contributed by atoms with E-state index in [1.54, 1.807) is 0 Å². The zero-order chi connectivity index (χ0) is 10.8. The summed E-state index contributed by atoms with van der Waals surface area (Å²) in [4.78, 5) is 12.3. The third kappa shape index (κ3) is 3.65. The van der Waals surface area contributed by atoms with E-state index >= 15 is 0 Å². The van der Waals surface area contributed by atoms with Crippen LogP contribution >= 0.6 is 0 Å². The topological polar surface area (TPSA) is 20.3 Å². The highest BCUT2D eigenvalue weighted by molar-refractivity contribution is 5.83. The van der Waals surface area contributed by atoms with Gasteiger partial charge in [0.25, 0.3) is 0 Å². The second-order valence-electron chi connectivity index (χ2n) is 3.87. The number of alkyl halides is 3. The molecule has 0 aromatic heterocycles. The molecule has 1 rings (SSSR count). The first-order valence-corrected chi connectivity index (χ1v) is 4.66. The lowest BCUT2D eigenvalue weighted by atomic mass is 10.1. The van der Waals surface area contributed by atoms with E-state index in [1.807, 2.05) is 0 Å². The third-order valence-corrected chi connectivity index (χ3v) is 2.41. The summed E-state index contributed by atoms with van der Waals surface area (Å²) in [6, 6.07) is 0. The maximum absolute atomic E-state index is 12.0. The van der Waals surface area contributed by atoms with E-state index in [9.17, 15) is 18.0 Å². The molecule has 2 nitrogen and oxygen atoms in total. The van der Waals surface area contributed by atoms with Crippen molar-refractivity contribution in [3.8, 4) is 0 Å². The van der Waals surface area contributed by atoms with E-state index in [2.05, 4.69) is 0 Å². The van der Waals surface area contributed by atoms with Crippen molar-refractivity contribution in [1.29, 1.82) is 0 Å². The van der Waals surface area contributed by atoms with E-state index in [4.69, 9.17) is 0 Å². The first-order chi connectivity index (χ1) is 6.38. The number of carbonyl (C=O) groups excluding carboxylic acids is 1. The van der Waals surface area contributed by atoms with Gasteiger partial charge in [0.1, 0.15) is 5.78 Å². The molecule has 0 N–H and O–H groups in total. The fourth-order valence-corrected chi connectivity index (χ4v) is 1.83. The van der Waals surface area contributed by atoms with Crippen LogP contribution in [-0.4, -0.2) is 37.0 Å². The van der Waals surface area contributed by atoms with Crippen LogP contribution in [-0.2, 0) is 4.79 Å². The highest BCUT2D eigenvalue weighted by atomic mass is 19.4. The predicted molar refractivity (Wildman–Crippen MR) is 45.9 cm³/mol. The molecule has 0 amide bonds. The van der Waals surface area contributed by atoms with Crippen LogP contribution in [0.15, 0.2) is 0 Å². The Morgan fingerprint density at radius 2 is 2.14 bits per heavy atom. The monoisotopic (exact) mass is 209 g/mol. The van der Waals surface area contributed by atoms with Crippen LogP contribution in [0.25, 0.3) is 0 Å². The van der Waals surface area contributed by atoms with Crippen molar-refractivity contribution in [2.24, 2.45) is 5.92 Å². The average molecular weight is 209 g/mol. The van der Waals surface area contributed by atoms with E-state index < -0.39 is 12.7 Å². The summed E-state index contributed by atoms with van der Waals surface area (Å²) >= 11 is 0. The maximum atomic E-state index is 12.0. The standard InChI is InChI=1S/C9H14F3NO/c1-13(6-9(10,11)12)5-7-3-2-4-8(7)14/h7H,2-6H2,1H3. The van der Waals surface area contributed by atoms with Crippen LogP contribution in [0.3, 0.4) is 0 Å². The second-order valence-corrected chi connectivity index (χ2v) is 3.87. The summed E-state index contributed by atoms with van der Waals surface area (Å²) in [5.74, 6) is -0.0682. The average Bonchev–Trinajstić information content (AvgIpc) is 2.32. The van der Waals surface area contributed by atoms with Crippen LogP contribution in [0.5, 0.6) is 0 Å². The van der Waals surface area contributed by atoms with Crippen molar-refractivity contribution in [1.82, 2.24) is 4.90 Å². The predicted octanol–water partition coefficient (Wildman–Crippen LogP) is 1.85. The Hall–Kier alpha value is -0.580. The van der Waals surface area contributed by atoms with E-state index in [-0.39, 0.29) is 18.2 Å². The molecule has 1 fully saturated rings. The Kier molecular flexibility index (Phi) is 3.53. The van der Waals surface area contributed by atoms with Crippen LogP contribution in [0.4, 0.5) is 13.2 Å². The molecule has 1 saturated carbocycles. The number of ketones is 1. The van der Waals surface area contributed by atoms with Crippen LogP contribution < -0.4 is 0 Å². The zero-order valence-corrected chi connectivity index (χ0v) is 8.10. The van der Waals surface area contributed by atoms with Gasteiger partial charge in [0.15, 0.2) is 0 Å². The molecule has 0 bridgehead atoms.